The number of allylic oxidation sites excluding steroid dienone is 2. The fourth-order valence-corrected chi connectivity index (χ4v) is 10.8. The lowest BCUT2D eigenvalue weighted by Crippen LogP contribution is -2.34. The second-order valence-corrected chi connectivity index (χ2v) is 29.5. The molecule has 7 aliphatic rings. The van der Waals surface area contributed by atoms with Crippen molar-refractivity contribution in [3.63, 3.8) is 0 Å². The van der Waals surface area contributed by atoms with E-state index >= 15 is 0 Å². The van der Waals surface area contributed by atoms with Gasteiger partial charge in [-0.05, 0) is 288 Å². The first kappa shape index (κ1) is 97.0. The third-order valence-electron chi connectivity index (χ3n) is 19.0. The highest BCUT2D eigenvalue weighted by atomic mass is 16.5. The minimum atomic E-state index is 0.884. The monoisotopic (exact) mass is 1300 g/mol. The van der Waals surface area contributed by atoms with Gasteiger partial charge >= 0.3 is 0 Å². The number of unbranched alkanes of at least 4 members (excludes halogenated alkanes) is 5. The smallest absolute Gasteiger partial charge is 0.0462 e. The van der Waals surface area contributed by atoms with Crippen molar-refractivity contribution in [3.05, 3.63) is 48.0 Å². The molecule has 0 aromatic heterocycles. The molecule has 7 fully saturated rings. The van der Waals surface area contributed by atoms with Crippen molar-refractivity contribution in [1.29, 1.82) is 0 Å². The summed E-state index contributed by atoms with van der Waals surface area (Å²) in [7, 11) is 5.64. The lowest BCUT2D eigenvalue weighted by atomic mass is 9.99. The molecule has 552 valence electrons. The van der Waals surface area contributed by atoms with E-state index in [2.05, 4.69) is 191 Å². The molecule has 0 atom stereocenters. The van der Waals surface area contributed by atoms with Gasteiger partial charge in [-0.3, -0.25) is 4.90 Å². The molecule has 6 heterocycles. The number of likely N-dealkylation sites (tertiary alicyclic amines) is 6. The van der Waals surface area contributed by atoms with Crippen molar-refractivity contribution in [3.8, 4) is 0 Å². The summed E-state index contributed by atoms with van der Waals surface area (Å²) >= 11 is 0. The average molecular weight is 1300 g/mol. The first-order valence-electron chi connectivity index (χ1n) is 40.2. The molecular weight excluding hydrogens is 1120 g/mol. The molecule has 1 aromatic carbocycles. The van der Waals surface area contributed by atoms with Gasteiger partial charge in [0, 0.05) is 40.0 Å². The Hall–Kier alpha value is -1.36. The van der Waals surface area contributed by atoms with Crippen LogP contribution >= 0.6 is 0 Å². The molecule has 0 unspecified atom stereocenters. The van der Waals surface area contributed by atoms with Gasteiger partial charge in [-0.2, -0.15) is 0 Å². The maximum atomic E-state index is 4.78. The summed E-state index contributed by atoms with van der Waals surface area (Å²) in [6.07, 6.45) is 40.8. The van der Waals surface area contributed by atoms with Gasteiger partial charge in [0.1, 0.15) is 0 Å². The largest absolute Gasteiger partial charge is 0.385 e. The van der Waals surface area contributed by atoms with Gasteiger partial charge in [-0.25, -0.2) is 0 Å². The van der Waals surface area contributed by atoms with Crippen LogP contribution in [0.25, 0.3) is 0 Å². The van der Waals surface area contributed by atoms with E-state index in [0.29, 0.717) is 0 Å². The summed E-state index contributed by atoms with van der Waals surface area (Å²) in [5.41, 5.74) is 1.45. The van der Waals surface area contributed by atoms with E-state index in [9.17, 15) is 0 Å². The third kappa shape index (κ3) is 70.0. The molecule has 6 aliphatic heterocycles. The van der Waals surface area contributed by atoms with Crippen LogP contribution in [0.5, 0.6) is 0 Å². The van der Waals surface area contributed by atoms with Crippen molar-refractivity contribution in [2.24, 2.45) is 41.4 Å². The Balaban J connectivity index is -0.000000469. The Morgan fingerprint density at radius 2 is 0.707 bits per heavy atom. The SMILES string of the molecule is C/C=C/C.CC1CCN(C)CC1.CC1CCN(C2CC2)CC1.CC1CCN(Cc2ccccc2)CC1.CCC(C)C.CCCC.CCCCC.CCCCN1CCC(C)CC1.CCCCOC.CCCN1CCC(C)CC1.CCCN1CCC(C)CC1.CCCOC. The van der Waals surface area contributed by atoms with Crippen LogP contribution in [0.4, 0.5) is 0 Å². The Kier molecular flexibility index (Phi) is 77.9. The van der Waals surface area contributed by atoms with Crippen molar-refractivity contribution >= 4 is 0 Å². The number of nitrogens with zero attached hydrogens (tertiary/aromatic N) is 6. The molecule has 8 heteroatoms. The summed E-state index contributed by atoms with van der Waals surface area (Å²) in [4.78, 5) is 15.4. The first-order chi connectivity index (χ1) is 44.3. The molecule has 0 radical (unpaired) electrons. The van der Waals surface area contributed by atoms with Crippen LogP contribution in [-0.4, -0.2) is 168 Å². The molecule has 92 heavy (non-hydrogen) atoms. The van der Waals surface area contributed by atoms with E-state index in [4.69, 9.17) is 9.47 Å². The molecule has 1 saturated carbocycles. The van der Waals surface area contributed by atoms with Crippen LogP contribution in [0, 0.1) is 41.4 Å². The van der Waals surface area contributed by atoms with Crippen molar-refractivity contribution < 1.29 is 9.47 Å². The topological polar surface area (TPSA) is 37.9 Å². The molecule has 0 bridgehead atoms. The maximum absolute atomic E-state index is 4.78. The van der Waals surface area contributed by atoms with Gasteiger partial charge in [0.2, 0.25) is 0 Å². The first-order valence-corrected chi connectivity index (χ1v) is 40.2. The minimum absolute atomic E-state index is 0.884. The van der Waals surface area contributed by atoms with Crippen LogP contribution in [0.2, 0.25) is 0 Å². The molecular formula is C84H174N6O2. The van der Waals surface area contributed by atoms with Crippen molar-refractivity contribution in [1.82, 2.24) is 29.4 Å². The summed E-state index contributed by atoms with van der Waals surface area (Å²) in [6.45, 7) is 67.5. The number of hydrogen-bond donors (Lipinski definition) is 0. The highest BCUT2D eigenvalue weighted by Crippen LogP contribution is 2.30. The van der Waals surface area contributed by atoms with Gasteiger partial charge in [-0.15, -0.1) is 0 Å². The number of methoxy groups -OCH3 is 2. The van der Waals surface area contributed by atoms with E-state index in [1.54, 1.807) is 14.2 Å². The number of rotatable bonds is 19. The van der Waals surface area contributed by atoms with Gasteiger partial charge in [0.15, 0.2) is 0 Å². The summed E-state index contributed by atoms with van der Waals surface area (Å²) in [6, 6.07) is 11.8. The standard InChI is InChI=1S/C13H19N.C10H21N.C9H17N.2C9H19N.C7H15N.C5H12O.2C5H12.C4H10O.C4H10.C4H8/c1-12-7-9-14(10-8-12)11-13-5-3-2-4-6-13;1-3-4-7-11-8-5-10(2)6-9-11;1-8-4-6-10(7-5-8)9-2-3-9;2*1-3-6-10-7-4-9(2)5-8-10;1-7-3-5-8(2)6-4-7;1-3-4-5-6-2;1-4-5(2)3;1-3-5-4-2;1-3-4-5-2;2*1-3-4-2/h2-6,12H,7-11H2,1H3;10H,3-9H2,1-2H3;8-9H,2-7H2,1H3;2*9H,3-8H2,1-2H3;7H,3-6H2,1-2H3;3-5H2,1-2H3;5H,4H2,1-3H3;3-5H2,1-2H3;3-4H2,1-2H3;3-4H2,1-2H3;3-4H,1-2H3/b;;;;;;;;;;;4-3+. The Morgan fingerprint density at radius 1 is 0.380 bits per heavy atom. The molecule has 6 saturated heterocycles. The second-order valence-electron chi connectivity index (χ2n) is 29.5. The summed E-state index contributed by atoms with van der Waals surface area (Å²) < 4.78 is 9.47. The van der Waals surface area contributed by atoms with E-state index in [1.165, 1.54) is 271 Å². The van der Waals surface area contributed by atoms with Crippen LogP contribution in [-0.2, 0) is 16.0 Å². The van der Waals surface area contributed by atoms with Crippen LogP contribution in [0.15, 0.2) is 42.5 Å². The molecule has 8 nitrogen and oxygen atoms in total. The molecule has 1 aliphatic carbocycles. The number of ether oxygens (including phenoxy) is 2. The van der Waals surface area contributed by atoms with Gasteiger partial charge in [-0.1, -0.05) is 218 Å². The van der Waals surface area contributed by atoms with Gasteiger partial charge in [0.25, 0.3) is 0 Å². The number of benzene rings is 1. The van der Waals surface area contributed by atoms with Gasteiger partial charge < -0.3 is 34.0 Å². The third-order valence-corrected chi connectivity index (χ3v) is 19.0. The predicted octanol–water partition coefficient (Wildman–Crippen LogP) is 23.0. The van der Waals surface area contributed by atoms with Crippen LogP contribution in [0.3, 0.4) is 0 Å². The second kappa shape index (κ2) is 73.9. The highest BCUT2D eigenvalue weighted by molar-refractivity contribution is 5.14. The maximum Gasteiger partial charge on any atom is 0.0462 e. The fraction of sp³-hybridized carbons (Fsp3) is 0.905. The van der Waals surface area contributed by atoms with E-state index in [0.717, 1.165) is 73.6 Å². The number of piperidine rings is 6. The Bertz CT molecular complexity index is 1440. The normalized spacial score (nSPS) is 19.2. The molecule has 0 N–H and O–H groups in total. The molecule has 0 spiro atoms. The van der Waals surface area contributed by atoms with Gasteiger partial charge in [0.05, 0.1) is 0 Å². The van der Waals surface area contributed by atoms with E-state index in [1.807, 2.05) is 26.0 Å². The molecule has 8 rings (SSSR count). The zero-order valence-electron chi connectivity index (χ0n) is 67.5. The molecule has 0 amide bonds. The highest BCUT2D eigenvalue weighted by Gasteiger charge is 2.30. The Labute approximate surface area is 582 Å². The lowest BCUT2D eigenvalue weighted by Gasteiger charge is -2.30. The molecule has 1 aromatic rings. The lowest BCUT2D eigenvalue weighted by molar-refractivity contribution is 0.184. The average Bonchev–Trinajstić information content (AvgIpc) is 2.12. The predicted molar refractivity (Wildman–Crippen MR) is 419 cm³/mol. The van der Waals surface area contributed by atoms with Crippen LogP contribution in [0.1, 0.15) is 317 Å². The van der Waals surface area contributed by atoms with Crippen molar-refractivity contribution in [2.45, 2.75) is 324 Å². The fourth-order valence-electron chi connectivity index (χ4n) is 10.8. The number of hydrogen-bond acceptors (Lipinski definition) is 8. The Morgan fingerprint density at radius 3 is 0.946 bits per heavy atom. The quantitative estimate of drug-likeness (QED) is 0.100. The van der Waals surface area contributed by atoms with E-state index in [-0.39, 0.29) is 0 Å². The van der Waals surface area contributed by atoms with E-state index < -0.39 is 0 Å². The van der Waals surface area contributed by atoms with Crippen LogP contribution < -0.4 is 0 Å². The summed E-state index contributed by atoms with van der Waals surface area (Å²) in [5, 5.41) is 0. The zero-order valence-corrected chi connectivity index (χ0v) is 67.5. The summed E-state index contributed by atoms with van der Waals surface area (Å²) in [5.74, 6) is 6.73. The minimum Gasteiger partial charge on any atom is -0.385 e. The van der Waals surface area contributed by atoms with Crippen molar-refractivity contribution in [2.75, 3.05) is 133 Å². The zero-order chi connectivity index (χ0) is 69.8.